The quantitative estimate of drug-likeness (QED) is 0.359. The van der Waals surface area contributed by atoms with Crippen molar-refractivity contribution in [3.05, 3.63) is 54.1 Å². The number of nitrogens with one attached hydrogen (secondary N) is 2. The van der Waals surface area contributed by atoms with Crippen molar-refractivity contribution >= 4 is 28.0 Å². The van der Waals surface area contributed by atoms with E-state index in [1.165, 1.54) is 12.1 Å². The molecule has 0 spiro atoms. The molecule has 186 valence electrons. The number of ether oxygens (including phenoxy) is 1. The molecule has 3 aromatic heterocycles. The van der Waals surface area contributed by atoms with Gasteiger partial charge in [0.1, 0.15) is 22.7 Å². The molecule has 8 nitrogen and oxygen atoms in total. The predicted molar refractivity (Wildman–Crippen MR) is 129 cm³/mol. The van der Waals surface area contributed by atoms with Crippen molar-refractivity contribution in [1.82, 2.24) is 24.8 Å². The number of imidazole rings is 1. The number of halogens is 2. The van der Waals surface area contributed by atoms with Crippen LogP contribution in [0.5, 0.6) is 5.75 Å². The SMILES string of the molecule is N#CC[C@H]1CC[C@H](n2c(CC(=O)NCc3ccc(OC(F)F)cc3)nc3cnc4[nH]ccc4c32)CC1. The van der Waals surface area contributed by atoms with E-state index in [0.717, 1.165) is 53.3 Å². The molecule has 0 aliphatic heterocycles. The fraction of sp³-hybridized carbons (Fsp3) is 0.385. The smallest absolute Gasteiger partial charge is 0.387 e. The number of fused-ring (bicyclic) bond motifs is 3. The van der Waals surface area contributed by atoms with Gasteiger partial charge >= 0.3 is 6.61 Å². The zero-order valence-corrected chi connectivity index (χ0v) is 19.6. The van der Waals surface area contributed by atoms with Crippen LogP contribution in [0.2, 0.25) is 0 Å². The number of nitriles is 1. The van der Waals surface area contributed by atoms with Crippen LogP contribution in [-0.4, -0.2) is 32.0 Å². The third kappa shape index (κ3) is 5.00. The molecule has 1 saturated carbocycles. The van der Waals surface area contributed by atoms with Crippen LogP contribution in [0.1, 0.15) is 49.5 Å². The molecule has 1 fully saturated rings. The van der Waals surface area contributed by atoms with Crippen LogP contribution < -0.4 is 10.1 Å². The van der Waals surface area contributed by atoms with E-state index in [2.05, 4.69) is 30.7 Å². The Balaban J connectivity index is 1.35. The molecule has 36 heavy (non-hydrogen) atoms. The summed E-state index contributed by atoms with van der Waals surface area (Å²) in [6.45, 7) is -2.62. The predicted octanol–water partition coefficient (Wildman–Crippen LogP) is 5.02. The summed E-state index contributed by atoms with van der Waals surface area (Å²) in [7, 11) is 0. The van der Waals surface area contributed by atoms with Crippen LogP contribution in [0.15, 0.2) is 42.7 Å². The number of hydrogen-bond acceptors (Lipinski definition) is 5. The highest BCUT2D eigenvalue weighted by atomic mass is 19.3. The second-order valence-electron chi connectivity index (χ2n) is 9.14. The summed E-state index contributed by atoms with van der Waals surface area (Å²) in [5.74, 6) is 0.987. The average molecular weight is 493 g/mol. The summed E-state index contributed by atoms with van der Waals surface area (Å²) < 4.78 is 31.2. The summed E-state index contributed by atoms with van der Waals surface area (Å²) in [5.41, 5.74) is 3.27. The van der Waals surface area contributed by atoms with Gasteiger partial charge in [-0.3, -0.25) is 4.79 Å². The van der Waals surface area contributed by atoms with Crippen LogP contribution in [-0.2, 0) is 17.8 Å². The number of nitrogens with zero attached hydrogens (tertiary/aromatic N) is 4. The number of carbonyl (C=O) groups excluding carboxylic acids is 1. The molecule has 0 unspecified atom stereocenters. The van der Waals surface area contributed by atoms with E-state index >= 15 is 0 Å². The zero-order valence-electron chi connectivity index (χ0n) is 19.6. The number of pyridine rings is 1. The minimum absolute atomic E-state index is 0.0722. The number of aromatic amines is 1. The first kappa shape index (κ1) is 23.7. The zero-order chi connectivity index (χ0) is 25.1. The van der Waals surface area contributed by atoms with E-state index in [1.54, 1.807) is 18.3 Å². The molecule has 3 heterocycles. The van der Waals surface area contributed by atoms with Gasteiger partial charge in [0.05, 0.1) is 24.2 Å². The van der Waals surface area contributed by atoms with E-state index in [9.17, 15) is 13.6 Å². The Bertz CT molecular complexity index is 1400. The fourth-order valence-corrected chi connectivity index (χ4v) is 5.09. The first-order chi connectivity index (χ1) is 17.5. The van der Waals surface area contributed by atoms with E-state index < -0.39 is 6.61 Å². The molecule has 1 amide bonds. The van der Waals surface area contributed by atoms with E-state index in [4.69, 9.17) is 10.2 Å². The molecule has 0 saturated heterocycles. The Labute approximate surface area is 206 Å². The van der Waals surface area contributed by atoms with Crippen LogP contribution in [0.3, 0.4) is 0 Å². The molecule has 0 radical (unpaired) electrons. The minimum Gasteiger partial charge on any atom is -0.435 e. The summed E-state index contributed by atoms with van der Waals surface area (Å²) in [5, 5.41) is 12.9. The lowest BCUT2D eigenvalue weighted by atomic mass is 9.84. The van der Waals surface area contributed by atoms with E-state index in [1.807, 2.05) is 12.3 Å². The number of carbonyl (C=O) groups is 1. The Morgan fingerprint density at radius 1 is 1.22 bits per heavy atom. The molecular formula is C26H26F2N6O2. The van der Waals surface area contributed by atoms with Crippen molar-refractivity contribution < 1.29 is 18.3 Å². The van der Waals surface area contributed by atoms with Gasteiger partial charge < -0.3 is 19.6 Å². The summed E-state index contributed by atoms with van der Waals surface area (Å²) >= 11 is 0. The third-order valence-electron chi connectivity index (χ3n) is 6.83. The van der Waals surface area contributed by atoms with Crippen LogP contribution in [0, 0.1) is 17.2 Å². The first-order valence-corrected chi connectivity index (χ1v) is 12.0. The number of H-pyrrole nitrogens is 1. The van der Waals surface area contributed by atoms with Gasteiger partial charge in [-0.25, -0.2) is 9.97 Å². The lowest BCUT2D eigenvalue weighted by Gasteiger charge is -2.30. The average Bonchev–Trinajstić information content (AvgIpc) is 3.48. The van der Waals surface area contributed by atoms with Gasteiger partial charge in [0.2, 0.25) is 5.91 Å². The summed E-state index contributed by atoms with van der Waals surface area (Å²) in [6, 6.07) is 10.6. The third-order valence-corrected chi connectivity index (χ3v) is 6.83. The maximum absolute atomic E-state index is 12.9. The van der Waals surface area contributed by atoms with Gasteiger partial charge in [0, 0.05) is 30.6 Å². The van der Waals surface area contributed by atoms with Crippen molar-refractivity contribution in [1.29, 1.82) is 5.26 Å². The Morgan fingerprint density at radius 3 is 2.72 bits per heavy atom. The first-order valence-electron chi connectivity index (χ1n) is 12.0. The summed E-state index contributed by atoms with van der Waals surface area (Å²) in [4.78, 5) is 25.3. The van der Waals surface area contributed by atoms with Gasteiger partial charge in [-0.2, -0.15) is 14.0 Å². The Kier molecular flexibility index (Phi) is 6.80. The number of hydrogen-bond donors (Lipinski definition) is 2. The van der Waals surface area contributed by atoms with Gasteiger partial charge in [0.15, 0.2) is 0 Å². The van der Waals surface area contributed by atoms with Crippen molar-refractivity contribution in [2.24, 2.45) is 5.92 Å². The van der Waals surface area contributed by atoms with Gasteiger partial charge in [0.25, 0.3) is 0 Å². The van der Waals surface area contributed by atoms with Crippen molar-refractivity contribution in [2.45, 2.75) is 57.7 Å². The fourth-order valence-electron chi connectivity index (χ4n) is 5.09. The number of aromatic nitrogens is 4. The van der Waals surface area contributed by atoms with Crippen molar-refractivity contribution in [2.75, 3.05) is 0 Å². The number of amides is 1. The second-order valence-corrected chi connectivity index (χ2v) is 9.14. The summed E-state index contributed by atoms with van der Waals surface area (Å²) in [6.07, 6.45) is 8.05. The van der Waals surface area contributed by atoms with Gasteiger partial charge in [-0.1, -0.05) is 12.1 Å². The van der Waals surface area contributed by atoms with Crippen LogP contribution in [0.4, 0.5) is 8.78 Å². The maximum Gasteiger partial charge on any atom is 0.387 e. The molecular weight excluding hydrogens is 466 g/mol. The number of rotatable bonds is 8. The molecule has 0 bridgehead atoms. The monoisotopic (exact) mass is 492 g/mol. The van der Waals surface area contributed by atoms with E-state index in [0.29, 0.717) is 18.2 Å². The van der Waals surface area contributed by atoms with Gasteiger partial charge in [-0.05, 0) is 55.4 Å². The molecule has 1 aliphatic carbocycles. The van der Waals surface area contributed by atoms with Crippen LogP contribution >= 0.6 is 0 Å². The molecule has 10 heteroatoms. The molecule has 1 aliphatic rings. The number of alkyl halides is 2. The minimum atomic E-state index is -2.88. The molecule has 1 aromatic carbocycles. The Hall–Kier alpha value is -4.00. The maximum atomic E-state index is 12.9. The highest BCUT2D eigenvalue weighted by molar-refractivity contribution is 6.01. The second kappa shape index (κ2) is 10.3. The lowest BCUT2D eigenvalue weighted by molar-refractivity contribution is -0.120. The Morgan fingerprint density at radius 2 is 2.00 bits per heavy atom. The molecule has 2 N–H and O–H groups in total. The van der Waals surface area contributed by atoms with Crippen molar-refractivity contribution in [3.63, 3.8) is 0 Å². The topological polar surface area (TPSA) is 109 Å². The van der Waals surface area contributed by atoms with Crippen molar-refractivity contribution in [3.8, 4) is 11.8 Å². The lowest BCUT2D eigenvalue weighted by Crippen LogP contribution is -2.27. The molecule has 4 aromatic rings. The normalized spacial score (nSPS) is 17.9. The molecule has 5 rings (SSSR count). The molecule has 0 atom stereocenters. The highest BCUT2D eigenvalue weighted by Gasteiger charge is 2.27. The highest BCUT2D eigenvalue weighted by Crippen LogP contribution is 2.38. The van der Waals surface area contributed by atoms with Crippen LogP contribution in [0.25, 0.3) is 22.1 Å². The van der Waals surface area contributed by atoms with Gasteiger partial charge in [-0.15, -0.1) is 0 Å². The van der Waals surface area contributed by atoms with E-state index in [-0.39, 0.29) is 30.7 Å². The standard InChI is InChI=1S/C26H26F2N6O2/c27-26(28)36-19-7-3-17(4-8-19)14-31-23(35)13-22-33-21-15-32-25-20(10-12-30-25)24(21)34(22)18-5-1-16(2-6-18)9-11-29/h3-4,7-8,10,12,15-16,18,26H,1-2,5-6,9,13-14H2,(H,30,32)(H,31,35)/t16-,18-. The largest absolute Gasteiger partial charge is 0.435 e. The number of benzene rings is 1.